The zero-order valence-electron chi connectivity index (χ0n) is 5.99. The molecular weight excluding hydrogens is 144 g/mol. The lowest BCUT2D eigenvalue weighted by molar-refractivity contribution is 0.311. The molecule has 0 aromatic carbocycles. The van der Waals surface area contributed by atoms with Gasteiger partial charge in [-0.2, -0.15) is 0 Å². The van der Waals surface area contributed by atoms with Gasteiger partial charge in [-0.25, -0.2) is 9.97 Å². The second-order valence-electron chi connectivity index (χ2n) is 1.98. The van der Waals surface area contributed by atoms with Crippen LogP contribution in [0, 0.1) is 0 Å². The summed E-state index contributed by atoms with van der Waals surface area (Å²) in [5, 5.41) is 11.3. The van der Waals surface area contributed by atoms with Crippen LogP contribution in [0.3, 0.4) is 0 Å². The number of nitrogens with two attached hydrogens (primary N) is 1. The molecule has 1 aromatic heterocycles. The number of aromatic nitrogens is 2. The Balaban J connectivity index is 2.52. The highest BCUT2D eigenvalue weighted by molar-refractivity contribution is 5.35. The first kappa shape index (κ1) is 7.74. The molecule has 5 nitrogen and oxygen atoms in total. The van der Waals surface area contributed by atoms with Crippen molar-refractivity contribution in [3.05, 3.63) is 12.4 Å². The third-order valence-corrected chi connectivity index (χ3v) is 1.09. The second-order valence-corrected chi connectivity index (χ2v) is 1.98. The highest BCUT2D eigenvalue weighted by Crippen LogP contribution is 1.99. The van der Waals surface area contributed by atoms with E-state index >= 15 is 0 Å². The predicted octanol–water partition coefficient (Wildman–Crippen LogP) is -0.537. The summed E-state index contributed by atoms with van der Waals surface area (Å²) in [4.78, 5) is 7.71. The number of aliphatic hydroxyl groups excluding tert-OH is 1. The van der Waals surface area contributed by atoms with Crippen LogP contribution >= 0.6 is 0 Å². The molecule has 60 valence electrons. The van der Waals surface area contributed by atoms with Gasteiger partial charge in [0, 0.05) is 6.54 Å². The number of nitrogens with zero attached hydrogens (tertiary/aromatic N) is 2. The summed E-state index contributed by atoms with van der Waals surface area (Å²) in [6.45, 7) is 0.546. The number of hydrogen-bond acceptors (Lipinski definition) is 5. The van der Waals surface area contributed by atoms with Crippen LogP contribution in [0.25, 0.3) is 0 Å². The van der Waals surface area contributed by atoms with Crippen LogP contribution in [0.2, 0.25) is 0 Å². The van der Waals surface area contributed by atoms with E-state index in [9.17, 15) is 0 Å². The van der Waals surface area contributed by atoms with Crippen LogP contribution in [-0.2, 0) is 0 Å². The summed E-state index contributed by atoms with van der Waals surface area (Å²) < 4.78 is 0. The van der Waals surface area contributed by atoms with Crippen molar-refractivity contribution in [1.82, 2.24) is 9.97 Å². The predicted molar refractivity (Wildman–Crippen MR) is 42.0 cm³/mol. The number of aliphatic hydroxyl groups is 1. The fourth-order valence-electron chi connectivity index (χ4n) is 0.613. The van der Waals surface area contributed by atoms with Crippen LogP contribution < -0.4 is 11.1 Å². The van der Waals surface area contributed by atoms with E-state index in [1.807, 2.05) is 0 Å². The Kier molecular flexibility index (Phi) is 2.62. The van der Waals surface area contributed by atoms with Crippen molar-refractivity contribution in [2.45, 2.75) is 0 Å². The molecule has 0 atom stereocenters. The topological polar surface area (TPSA) is 84.1 Å². The first-order chi connectivity index (χ1) is 5.33. The molecule has 0 saturated heterocycles. The summed E-state index contributed by atoms with van der Waals surface area (Å²) in [6, 6.07) is 0. The molecule has 0 radical (unpaired) electrons. The van der Waals surface area contributed by atoms with Gasteiger partial charge in [-0.1, -0.05) is 0 Å². The van der Waals surface area contributed by atoms with Gasteiger partial charge in [0.25, 0.3) is 0 Å². The number of nitrogens with one attached hydrogen (secondary N) is 1. The fraction of sp³-hybridized carbons (Fsp3) is 0.333. The highest BCUT2D eigenvalue weighted by Gasteiger charge is 1.91. The average molecular weight is 154 g/mol. The zero-order chi connectivity index (χ0) is 8.10. The molecule has 4 N–H and O–H groups in total. The number of hydrogen-bond donors (Lipinski definition) is 3. The normalized spacial score (nSPS) is 9.55. The van der Waals surface area contributed by atoms with E-state index in [4.69, 9.17) is 10.8 Å². The van der Waals surface area contributed by atoms with E-state index in [-0.39, 0.29) is 6.61 Å². The number of anilines is 2. The molecule has 0 unspecified atom stereocenters. The van der Waals surface area contributed by atoms with Crippen molar-refractivity contribution in [3.8, 4) is 0 Å². The zero-order valence-corrected chi connectivity index (χ0v) is 5.99. The Hall–Kier alpha value is -1.36. The van der Waals surface area contributed by atoms with Gasteiger partial charge in [-0.05, 0) is 0 Å². The SMILES string of the molecule is Nc1cnc(NCCO)cn1. The molecule has 0 spiro atoms. The van der Waals surface area contributed by atoms with E-state index in [2.05, 4.69) is 15.3 Å². The first-order valence-electron chi connectivity index (χ1n) is 3.25. The van der Waals surface area contributed by atoms with E-state index in [0.29, 0.717) is 18.2 Å². The molecule has 1 rings (SSSR count). The van der Waals surface area contributed by atoms with Gasteiger partial charge in [0.1, 0.15) is 11.6 Å². The quantitative estimate of drug-likeness (QED) is 0.544. The molecular formula is C6H10N4O. The van der Waals surface area contributed by atoms with Gasteiger partial charge in [0.2, 0.25) is 0 Å². The van der Waals surface area contributed by atoms with Gasteiger partial charge >= 0.3 is 0 Å². The summed E-state index contributed by atoms with van der Waals surface area (Å²) >= 11 is 0. The summed E-state index contributed by atoms with van der Waals surface area (Å²) in [5.74, 6) is 1.01. The third kappa shape index (κ3) is 2.38. The molecule has 0 aliphatic heterocycles. The van der Waals surface area contributed by atoms with Crippen molar-refractivity contribution in [2.24, 2.45) is 0 Å². The lowest BCUT2D eigenvalue weighted by Crippen LogP contribution is -2.07. The minimum atomic E-state index is 0.0755. The van der Waals surface area contributed by atoms with Crippen LogP contribution in [0.4, 0.5) is 11.6 Å². The van der Waals surface area contributed by atoms with E-state index < -0.39 is 0 Å². The van der Waals surface area contributed by atoms with Gasteiger partial charge in [-0.15, -0.1) is 0 Å². The first-order valence-corrected chi connectivity index (χ1v) is 3.25. The minimum Gasteiger partial charge on any atom is -0.395 e. The van der Waals surface area contributed by atoms with E-state index in [0.717, 1.165) is 0 Å². The lowest BCUT2D eigenvalue weighted by Gasteiger charge is -2.01. The third-order valence-electron chi connectivity index (χ3n) is 1.09. The molecule has 1 aromatic rings. The summed E-state index contributed by atoms with van der Waals surface area (Å²) in [7, 11) is 0. The standard InChI is InChI=1S/C6H10N4O/c7-5-3-10-6(4-9-5)8-1-2-11/h3-4,11H,1-2H2,(H2,7,9)(H,8,10). The Morgan fingerprint density at radius 3 is 2.82 bits per heavy atom. The molecule has 0 amide bonds. The maximum Gasteiger partial charge on any atom is 0.144 e. The average Bonchev–Trinajstić information content (AvgIpc) is 2.04. The molecule has 0 bridgehead atoms. The van der Waals surface area contributed by atoms with E-state index in [1.54, 1.807) is 0 Å². The maximum atomic E-state index is 8.45. The number of nitrogen functional groups attached to an aromatic ring is 1. The van der Waals surface area contributed by atoms with Crippen molar-refractivity contribution < 1.29 is 5.11 Å². The lowest BCUT2D eigenvalue weighted by atomic mass is 10.6. The van der Waals surface area contributed by atoms with Crippen LogP contribution in [0.15, 0.2) is 12.4 Å². The highest BCUT2D eigenvalue weighted by atomic mass is 16.3. The van der Waals surface area contributed by atoms with Crippen LogP contribution in [0.1, 0.15) is 0 Å². The van der Waals surface area contributed by atoms with Gasteiger partial charge in [0.15, 0.2) is 0 Å². The Morgan fingerprint density at radius 1 is 1.45 bits per heavy atom. The summed E-state index contributed by atoms with van der Waals surface area (Å²) in [5.41, 5.74) is 5.30. The molecule has 1 heterocycles. The van der Waals surface area contributed by atoms with Gasteiger partial charge in [-0.3, -0.25) is 0 Å². The smallest absolute Gasteiger partial charge is 0.144 e. The van der Waals surface area contributed by atoms with Crippen LogP contribution in [-0.4, -0.2) is 28.2 Å². The summed E-state index contributed by atoms with van der Waals surface area (Å²) in [6.07, 6.45) is 2.98. The van der Waals surface area contributed by atoms with Crippen LogP contribution in [0.5, 0.6) is 0 Å². The number of rotatable bonds is 3. The second kappa shape index (κ2) is 3.72. The Bertz CT molecular complexity index is 210. The minimum absolute atomic E-state index is 0.0755. The van der Waals surface area contributed by atoms with Crippen molar-refractivity contribution in [2.75, 3.05) is 24.2 Å². The monoisotopic (exact) mass is 154 g/mol. The van der Waals surface area contributed by atoms with Gasteiger partial charge < -0.3 is 16.2 Å². The van der Waals surface area contributed by atoms with Crippen molar-refractivity contribution >= 4 is 11.6 Å². The largest absolute Gasteiger partial charge is 0.395 e. The van der Waals surface area contributed by atoms with E-state index in [1.165, 1.54) is 12.4 Å². The van der Waals surface area contributed by atoms with Crippen molar-refractivity contribution in [3.63, 3.8) is 0 Å². The molecule has 11 heavy (non-hydrogen) atoms. The molecule has 5 heteroatoms. The Morgan fingerprint density at radius 2 is 2.27 bits per heavy atom. The molecule has 0 aliphatic carbocycles. The van der Waals surface area contributed by atoms with Gasteiger partial charge in [0.05, 0.1) is 19.0 Å². The fourth-order valence-corrected chi connectivity index (χ4v) is 0.613. The molecule has 0 aliphatic rings. The van der Waals surface area contributed by atoms with Crippen molar-refractivity contribution in [1.29, 1.82) is 0 Å². The molecule has 0 saturated carbocycles. The maximum absolute atomic E-state index is 8.45. The molecule has 0 fully saturated rings. The Labute approximate surface area is 64.3 Å².